The van der Waals surface area contributed by atoms with Crippen LogP contribution in [0.3, 0.4) is 0 Å². The van der Waals surface area contributed by atoms with Crippen LogP contribution in [0.4, 0.5) is 22.4 Å². The third-order valence-corrected chi connectivity index (χ3v) is 5.40. The van der Waals surface area contributed by atoms with Gasteiger partial charge in [0.2, 0.25) is 5.95 Å². The monoisotopic (exact) mass is 446 g/mol. The summed E-state index contributed by atoms with van der Waals surface area (Å²) in [6.45, 7) is 8.13. The second kappa shape index (κ2) is 9.52. The normalized spacial score (nSPS) is 14.5. The zero-order chi connectivity index (χ0) is 23.4. The summed E-state index contributed by atoms with van der Waals surface area (Å²) >= 11 is 0. The lowest BCUT2D eigenvalue weighted by Crippen LogP contribution is -2.52. The Balaban J connectivity index is 1.34. The first-order chi connectivity index (χ1) is 15.9. The highest BCUT2D eigenvalue weighted by Gasteiger charge is 2.24. The number of aromatic nitrogens is 5. The molecule has 3 N–H and O–H groups in total. The third kappa shape index (κ3) is 5.35. The van der Waals surface area contributed by atoms with Crippen LogP contribution >= 0.6 is 0 Å². The SMILES string of the molecule is Cc1cc(Nc2cc(C)[nH]n2)nc(N2CCN(C(=O)N[C@@H](C)c3ccc(C#N)nc3)CC2)n1. The molecule has 0 bridgehead atoms. The fourth-order valence-corrected chi connectivity index (χ4v) is 3.57. The lowest BCUT2D eigenvalue weighted by molar-refractivity contribution is 0.191. The Morgan fingerprint density at radius 1 is 1.15 bits per heavy atom. The summed E-state index contributed by atoms with van der Waals surface area (Å²) in [5.41, 5.74) is 3.01. The van der Waals surface area contributed by atoms with Crippen LogP contribution in [-0.2, 0) is 0 Å². The third-order valence-electron chi connectivity index (χ3n) is 5.40. The molecular weight excluding hydrogens is 420 g/mol. The predicted octanol–water partition coefficient (Wildman–Crippen LogP) is 2.42. The summed E-state index contributed by atoms with van der Waals surface area (Å²) in [5.74, 6) is 2.00. The molecule has 0 spiro atoms. The van der Waals surface area contributed by atoms with E-state index in [4.69, 9.17) is 5.26 Å². The minimum Gasteiger partial charge on any atom is -0.337 e. The number of piperazine rings is 1. The first kappa shape index (κ1) is 22.0. The molecule has 3 aromatic rings. The van der Waals surface area contributed by atoms with E-state index in [9.17, 15) is 4.79 Å². The Kier molecular flexibility index (Phi) is 6.35. The smallest absolute Gasteiger partial charge is 0.317 e. The minimum absolute atomic E-state index is 0.132. The molecule has 3 aromatic heterocycles. The van der Waals surface area contributed by atoms with Gasteiger partial charge in [-0.2, -0.15) is 15.3 Å². The number of nitriles is 1. The minimum atomic E-state index is -0.213. The Hall–Kier alpha value is -4.20. The number of nitrogens with zero attached hydrogens (tertiary/aromatic N) is 7. The van der Waals surface area contributed by atoms with Gasteiger partial charge in [-0.25, -0.2) is 14.8 Å². The number of hydrogen-bond donors (Lipinski definition) is 3. The van der Waals surface area contributed by atoms with Gasteiger partial charge in [-0.3, -0.25) is 5.10 Å². The fourth-order valence-electron chi connectivity index (χ4n) is 3.57. The average Bonchev–Trinajstić information content (AvgIpc) is 3.23. The van der Waals surface area contributed by atoms with Crippen molar-refractivity contribution in [3.8, 4) is 6.07 Å². The molecule has 11 heteroatoms. The van der Waals surface area contributed by atoms with E-state index in [1.165, 1.54) is 0 Å². The molecule has 1 fully saturated rings. The number of urea groups is 1. The number of carbonyl (C=O) groups excluding carboxylic acids is 1. The Morgan fingerprint density at radius 3 is 2.58 bits per heavy atom. The first-order valence-corrected chi connectivity index (χ1v) is 10.7. The number of H-pyrrole nitrogens is 1. The van der Waals surface area contributed by atoms with Crippen molar-refractivity contribution in [3.63, 3.8) is 0 Å². The molecule has 11 nitrogen and oxygen atoms in total. The van der Waals surface area contributed by atoms with Gasteiger partial charge in [0.15, 0.2) is 5.82 Å². The van der Waals surface area contributed by atoms with Crippen LogP contribution in [0.1, 0.15) is 35.6 Å². The molecule has 1 atom stereocenters. The predicted molar refractivity (Wildman–Crippen MR) is 123 cm³/mol. The number of nitrogens with one attached hydrogen (secondary N) is 3. The summed E-state index contributed by atoms with van der Waals surface area (Å²) in [7, 11) is 0. The molecular formula is C22H26N10O. The van der Waals surface area contributed by atoms with E-state index in [0.29, 0.717) is 49.5 Å². The molecule has 0 radical (unpaired) electrons. The van der Waals surface area contributed by atoms with E-state index in [2.05, 4.69) is 40.7 Å². The molecule has 1 aliphatic rings. The highest BCUT2D eigenvalue weighted by Crippen LogP contribution is 2.19. The largest absolute Gasteiger partial charge is 0.337 e. The van der Waals surface area contributed by atoms with Crippen molar-refractivity contribution in [2.24, 2.45) is 0 Å². The fraction of sp³-hybridized carbons (Fsp3) is 0.364. The number of anilines is 3. The standard InChI is InChI=1S/C22H26N10O/c1-14-10-19(27-20-11-15(2)29-30-20)28-21(25-14)31-6-8-32(9-7-31)22(33)26-16(3)17-4-5-18(12-23)24-13-17/h4-5,10-11,13,16H,6-9H2,1-3H3,(H,26,33)(H2,25,27,28,29,30)/t16-/m0/s1. The zero-order valence-electron chi connectivity index (χ0n) is 18.8. The summed E-state index contributed by atoms with van der Waals surface area (Å²) in [6.07, 6.45) is 1.62. The van der Waals surface area contributed by atoms with E-state index in [1.807, 2.05) is 39.0 Å². The van der Waals surface area contributed by atoms with Crippen LogP contribution in [-0.4, -0.2) is 62.3 Å². The van der Waals surface area contributed by atoms with Crippen LogP contribution in [0.25, 0.3) is 0 Å². The Labute approximate surface area is 191 Å². The Bertz CT molecular complexity index is 1160. The maximum Gasteiger partial charge on any atom is 0.317 e. The van der Waals surface area contributed by atoms with Gasteiger partial charge in [0.05, 0.1) is 6.04 Å². The van der Waals surface area contributed by atoms with Crippen molar-refractivity contribution < 1.29 is 4.79 Å². The molecule has 4 heterocycles. The number of pyridine rings is 1. The molecule has 1 aliphatic heterocycles. The van der Waals surface area contributed by atoms with Crippen LogP contribution in [0.5, 0.6) is 0 Å². The highest BCUT2D eigenvalue weighted by atomic mass is 16.2. The molecule has 4 rings (SSSR count). The van der Waals surface area contributed by atoms with Crippen LogP contribution in [0.2, 0.25) is 0 Å². The summed E-state index contributed by atoms with van der Waals surface area (Å²) in [6, 6.07) is 8.88. The molecule has 0 saturated carbocycles. The number of aryl methyl sites for hydroxylation is 2. The summed E-state index contributed by atoms with van der Waals surface area (Å²) in [4.78, 5) is 29.9. The first-order valence-electron chi connectivity index (χ1n) is 10.7. The van der Waals surface area contributed by atoms with Crippen molar-refractivity contribution in [2.75, 3.05) is 36.4 Å². The van der Waals surface area contributed by atoms with E-state index in [0.717, 1.165) is 17.0 Å². The van der Waals surface area contributed by atoms with Crippen molar-refractivity contribution in [3.05, 3.63) is 53.1 Å². The van der Waals surface area contributed by atoms with E-state index >= 15 is 0 Å². The lowest BCUT2D eigenvalue weighted by atomic mass is 10.1. The number of hydrogen-bond acceptors (Lipinski definition) is 8. The molecule has 0 aliphatic carbocycles. The van der Waals surface area contributed by atoms with E-state index in [-0.39, 0.29) is 12.1 Å². The van der Waals surface area contributed by atoms with Crippen LogP contribution < -0.4 is 15.5 Å². The van der Waals surface area contributed by atoms with Gasteiger partial charge < -0.3 is 20.4 Å². The number of aromatic amines is 1. The summed E-state index contributed by atoms with van der Waals surface area (Å²) in [5, 5.41) is 22.2. The van der Waals surface area contributed by atoms with Crippen LogP contribution in [0.15, 0.2) is 30.5 Å². The van der Waals surface area contributed by atoms with E-state index in [1.54, 1.807) is 23.2 Å². The van der Waals surface area contributed by atoms with Crippen molar-refractivity contribution in [2.45, 2.75) is 26.8 Å². The summed E-state index contributed by atoms with van der Waals surface area (Å²) < 4.78 is 0. The Morgan fingerprint density at radius 2 is 1.94 bits per heavy atom. The van der Waals surface area contributed by atoms with Gasteiger partial charge in [0.1, 0.15) is 17.6 Å². The van der Waals surface area contributed by atoms with Gasteiger partial charge in [-0.05, 0) is 32.4 Å². The maximum absolute atomic E-state index is 12.7. The van der Waals surface area contributed by atoms with E-state index < -0.39 is 0 Å². The van der Waals surface area contributed by atoms with Gasteiger partial charge in [0, 0.05) is 55.9 Å². The second-order valence-corrected chi connectivity index (χ2v) is 7.99. The van der Waals surface area contributed by atoms with Crippen molar-refractivity contribution >= 4 is 23.6 Å². The van der Waals surface area contributed by atoms with Gasteiger partial charge in [-0.1, -0.05) is 6.07 Å². The van der Waals surface area contributed by atoms with Crippen molar-refractivity contribution in [1.82, 2.24) is 35.4 Å². The highest BCUT2D eigenvalue weighted by molar-refractivity contribution is 5.75. The lowest BCUT2D eigenvalue weighted by Gasteiger charge is -2.35. The molecule has 170 valence electrons. The maximum atomic E-state index is 12.7. The van der Waals surface area contributed by atoms with Crippen molar-refractivity contribution in [1.29, 1.82) is 5.26 Å². The van der Waals surface area contributed by atoms with Crippen LogP contribution in [0, 0.1) is 25.2 Å². The second-order valence-electron chi connectivity index (χ2n) is 7.99. The molecule has 2 amide bonds. The van der Waals surface area contributed by atoms with Gasteiger partial charge in [0.25, 0.3) is 0 Å². The number of rotatable bonds is 5. The van der Waals surface area contributed by atoms with Gasteiger partial charge in [-0.15, -0.1) is 0 Å². The molecule has 0 unspecified atom stereocenters. The number of amides is 2. The molecule has 1 saturated heterocycles. The molecule has 33 heavy (non-hydrogen) atoms. The quantitative estimate of drug-likeness (QED) is 0.543. The zero-order valence-corrected chi connectivity index (χ0v) is 18.8. The van der Waals surface area contributed by atoms with Gasteiger partial charge >= 0.3 is 6.03 Å². The number of carbonyl (C=O) groups is 1. The topological polar surface area (TPSA) is 139 Å². The molecule has 0 aromatic carbocycles. The average molecular weight is 447 g/mol.